The molecule has 8 heteroatoms. The van der Waals surface area contributed by atoms with Crippen LogP contribution in [-0.2, 0) is 9.59 Å². The standard InChI is InChI=1S/C18H18F2N4O2/c19-14-5-4-13(11-15(14)20)22-17(25)12-18(26)24-9-7-23(8-10-24)16-3-1-2-6-21-16/h1-6,11H,7-10,12H2,(H,22,25). The fourth-order valence-electron chi connectivity index (χ4n) is 2.75. The summed E-state index contributed by atoms with van der Waals surface area (Å²) < 4.78 is 26.0. The second-order valence-corrected chi connectivity index (χ2v) is 5.91. The molecule has 0 radical (unpaired) electrons. The third-order valence-electron chi connectivity index (χ3n) is 4.12. The molecule has 0 unspecified atom stereocenters. The highest BCUT2D eigenvalue weighted by atomic mass is 19.2. The average Bonchev–Trinajstić information content (AvgIpc) is 2.65. The highest BCUT2D eigenvalue weighted by molar-refractivity contribution is 6.03. The van der Waals surface area contributed by atoms with Crippen molar-refractivity contribution in [1.29, 1.82) is 0 Å². The number of halogens is 2. The molecule has 0 spiro atoms. The van der Waals surface area contributed by atoms with E-state index in [1.165, 1.54) is 6.07 Å². The molecule has 3 rings (SSSR count). The summed E-state index contributed by atoms with van der Waals surface area (Å²) in [5.41, 5.74) is 0.113. The molecule has 1 saturated heterocycles. The number of carbonyl (C=O) groups excluding carboxylic acids is 2. The van der Waals surface area contributed by atoms with Gasteiger partial charge in [-0.05, 0) is 24.3 Å². The Morgan fingerprint density at radius 1 is 1.04 bits per heavy atom. The molecule has 136 valence electrons. The van der Waals surface area contributed by atoms with E-state index in [0.29, 0.717) is 26.2 Å². The summed E-state index contributed by atoms with van der Waals surface area (Å²) in [6.07, 6.45) is 1.37. The molecule has 1 fully saturated rings. The zero-order chi connectivity index (χ0) is 18.5. The van der Waals surface area contributed by atoms with Crippen LogP contribution in [0.1, 0.15) is 6.42 Å². The van der Waals surface area contributed by atoms with E-state index in [2.05, 4.69) is 15.2 Å². The minimum absolute atomic E-state index is 0.113. The number of anilines is 2. The van der Waals surface area contributed by atoms with Crippen LogP contribution in [0.15, 0.2) is 42.6 Å². The first-order chi connectivity index (χ1) is 12.5. The van der Waals surface area contributed by atoms with Crippen molar-refractivity contribution >= 4 is 23.3 Å². The summed E-state index contributed by atoms with van der Waals surface area (Å²) in [6.45, 7) is 2.25. The maximum atomic E-state index is 13.1. The Kier molecular flexibility index (Phi) is 5.40. The Bertz CT molecular complexity index is 793. The predicted molar refractivity (Wildman–Crippen MR) is 92.6 cm³/mol. The van der Waals surface area contributed by atoms with Gasteiger partial charge in [0, 0.05) is 44.1 Å². The topological polar surface area (TPSA) is 65.5 Å². The Morgan fingerprint density at radius 3 is 2.46 bits per heavy atom. The molecular weight excluding hydrogens is 342 g/mol. The van der Waals surface area contributed by atoms with Crippen LogP contribution in [0, 0.1) is 11.6 Å². The van der Waals surface area contributed by atoms with Crippen molar-refractivity contribution in [2.24, 2.45) is 0 Å². The van der Waals surface area contributed by atoms with Crippen LogP contribution in [0.2, 0.25) is 0 Å². The Labute approximate surface area is 149 Å². The third kappa shape index (κ3) is 4.33. The lowest BCUT2D eigenvalue weighted by Gasteiger charge is -2.35. The van der Waals surface area contributed by atoms with E-state index >= 15 is 0 Å². The van der Waals surface area contributed by atoms with Gasteiger partial charge in [-0.3, -0.25) is 9.59 Å². The van der Waals surface area contributed by atoms with Crippen LogP contribution in [0.4, 0.5) is 20.3 Å². The van der Waals surface area contributed by atoms with Crippen LogP contribution in [0.25, 0.3) is 0 Å². The molecule has 1 aromatic heterocycles. The first-order valence-corrected chi connectivity index (χ1v) is 8.21. The maximum Gasteiger partial charge on any atom is 0.233 e. The van der Waals surface area contributed by atoms with Gasteiger partial charge in [0.25, 0.3) is 0 Å². The second kappa shape index (κ2) is 7.90. The molecule has 0 saturated carbocycles. The normalized spacial score (nSPS) is 14.2. The second-order valence-electron chi connectivity index (χ2n) is 5.91. The molecule has 26 heavy (non-hydrogen) atoms. The summed E-state index contributed by atoms with van der Waals surface area (Å²) in [5.74, 6) is -2.06. The van der Waals surface area contributed by atoms with Crippen LogP contribution in [0.3, 0.4) is 0 Å². The van der Waals surface area contributed by atoms with E-state index in [4.69, 9.17) is 0 Å². The van der Waals surface area contributed by atoms with Crippen LogP contribution in [0.5, 0.6) is 0 Å². The molecule has 0 atom stereocenters. The summed E-state index contributed by atoms with van der Waals surface area (Å²) in [4.78, 5) is 32.2. The molecule has 2 heterocycles. The van der Waals surface area contributed by atoms with Gasteiger partial charge in [-0.1, -0.05) is 6.07 Å². The van der Waals surface area contributed by atoms with Gasteiger partial charge in [0.1, 0.15) is 12.2 Å². The Hall–Kier alpha value is -3.03. The lowest BCUT2D eigenvalue weighted by atomic mass is 10.2. The van der Waals surface area contributed by atoms with Gasteiger partial charge >= 0.3 is 0 Å². The fraction of sp³-hybridized carbons (Fsp3) is 0.278. The van der Waals surface area contributed by atoms with Crippen molar-refractivity contribution < 1.29 is 18.4 Å². The maximum absolute atomic E-state index is 13.1. The summed E-state index contributed by atoms with van der Waals surface area (Å²) in [6, 6.07) is 8.70. The third-order valence-corrected chi connectivity index (χ3v) is 4.12. The number of rotatable bonds is 4. The first-order valence-electron chi connectivity index (χ1n) is 8.21. The van der Waals surface area contributed by atoms with Gasteiger partial charge in [-0.25, -0.2) is 13.8 Å². The SMILES string of the molecule is O=C(CC(=O)N1CCN(c2ccccn2)CC1)Nc1ccc(F)c(F)c1. The number of aromatic nitrogens is 1. The van der Waals surface area contributed by atoms with E-state index in [-0.39, 0.29) is 18.0 Å². The van der Waals surface area contributed by atoms with Gasteiger partial charge in [-0.2, -0.15) is 0 Å². The Balaban J connectivity index is 1.49. The van der Waals surface area contributed by atoms with Gasteiger partial charge < -0.3 is 15.1 Å². The van der Waals surface area contributed by atoms with E-state index in [1.807, 2.05) is 18.2 Å². The highest BCUT2D eigenvalue weighted by Gasteiger charge is 2.23. The van der Waals surface area contributed by atoms with Gasteiger partial charge in [0.15, 0.2) is 11.6 Å². The number of hydrogen-bond donors (Lipinski definition) is 1. The van der Waals surface area contributed by atoms with Gasteiger partial charge in [0.05, 0.1) is 0 Å². The Morgan fingerprint density at radius 2 is 1.81 bits per heavy atom. The van der Waals surface area contributed by atoms with E-state index in [1.54, 1.807) is 11.1 Å². The quantitative estimate of drug-likeness (QED) is 0.848. The number of piperazine rings is 1. The summed E-state index contributed by atoms with van der Waals surface area (Å²) in [5, 5.41) is 2.40. The van der Waals surface area contributed by atoms with E-state index in [9.17, 15) is 18.4 Å². The van der Waals surface area contributed by atoms with Crippen LogP contribution >= 0.6 is 0 Å². The number of nitrogens with zero attached hydrogens (tertiary/aromatic N) is 3. The highest BCUT2D eigenvalue weighted by Crippen LogP contribution is 2.15. The summed E-state index contributed by atoms with van der Waals surface area (Å²) in [7, 11) is 0. The molecule has 6 nitrogen and oxygen atoms in total. The molecule has 0 bridgehead atoms. The van der Waals surface area contributed by atoms with Crippen molar-refractivity contribution in [2.45, 2.75) is 6.42 Å². The minimum Gasteiger partial charge on any atom is -0.353 e. The smallest absolute Gasteiger partial charge is 0.233 e. The monoisotopic (exact) mass is 360 g/mol. The van der Waals surface area contributed by atoms with Crippen molar-refractivity contribution in [2.75, 3.05) is 36.4 Å². The zero-order valence-electron chi connectivity index (χ0n) is 14.0. The number of benzene rings is 1. The van der Waals surface area contributed by atoms with Crippen molar-refractivity contribution in [3.8, 4) is 0 Å². The molecule has 1 aliphatic rings. The number of hydrogen-bond acceptors (Lipinski definition) is 4. The number of pyridine rings is 1. The predicted octanol–water partition coefficient (Wildman–Crippen LogP) is 2.04. The average molecular weight is 360 g/mol. The van der Waals surface area contributed by atoms with Crippen LogP contribution < -0.4 is 10.2 Å². The van der Waals surface area contributed by atoms with Crippen LogP contribution in [-0.4, -0.2) is 47.9 Å². The van der Waals surface area contributed by atoms with Crippen molar-refractivity contribution in [3.63, 3.8) is 0 Å². The zero-order valence-corrected chi connectivity index (χ0v) is 14.0. The lowest BCUT2D eigenvalue weighted by Crippen LogP contribution is -2.49. The van der Waals surface area contributed by atoms with Crippen molar-refractivity contribution in [1.82, 2.24) is 9.88 Å². The van der Waals surface area contributed by atoms with E-state index in [0.717, 1.165) is 18.0 Å². The largest absolute Gasteiger partial charge is 0.353 e. The number of carbonyl (C=O) groups is 2. The molecule has 1 aliphatic heterocycles. The van der Waals surface area contributed by atoms with E-state index < -0.39 is 17.5 Å². The molecule has 1 aromatic carbocycles. The van der Waals surface area contributed by atoms with Gasteiger partial charge in [-0.15, -0.1) is 0 Å². The number of nitrogens with one attached hydrogen (secondary N) is 1. The van der Waals surface area contributed by atoms with Crippen molar-refractivity contribution in [3.05, 3.63) is 54.2 Å². The molecule has 0 aliphatic carbocycles. The summed E-state index contributed by atoms with van der Waals surface area (Å²) >= 11 is 0. The van der Waals surface area contributed by atoms with Gasteiger partial charge in [0.2, 0.25) is 11.8 Å². The fourth-order valence-corrected chi connectivity index (χ4v) is 2.75. The molecule has 1 N–H and O–H groups in total. The molecule has 2 aromatic rings. The molecule has 2 amide bonds. The minimum atomic E-state index is -1.06. The lowest BCUT2D eigenvalue weighted by molar-refractivity contribution is -0.134. The number of amides is 2. The first kappa shape index (κ1) is 17.8. The molecular formula is C18H18F2N4O2.